The van der Waals surface area contributed by atoms with Gasteiger partial charge in [-0.25, -0.2) is 0 Å². The monoisotopic (exact) mass is 466 g/mol. The summed E-state index contributed by atoms with van der Waals surface area (Å²) in [6.45, 7) is 0.613. The third-order valence-corrected chi connectivity index (χ3v) is 5.51. The number of hydrogen-bond acceptors (Lipinski definition) is 5. The Bertz CT molecular complexity index is 934. The van der Waals surface area contributed by atoms with Crippen molar-refractivity contribution < 1.29 is 19.2 Å². The van der Waals surface area contributed by atoms with Crippen LogP contribution in [0.4, 0.5) is 0 Å². The van der Waals surface area contributed by atoms with Crippen LogP contribution in [0.15, 0.2) is 60.7 Å². The zero-order valence-corrected chi connectivity index (χ0v) is 19.4. The molecule has 0 fully saturated rings. The van der Waals surface area contributed by atoms with Crippen LogP contribution in [-0.2, 0) is 20.8 Å². The summed E-state index contributed by atoms with van der Waals surface area (Å²) >= 11 is 0. The van der Waals surface area contributed by atoms with Crippen molar-refractivity contribution in [2.75, 3.05) is 13.1 Å². The van der Waals surface area contributed by atoms with Gasteiger partial charge in [-0.1, -0.05) is 55.0 Å². The molecule has 8 heteroatoms. The highest BCUT2D eigenvalue weighted by Crippen LogP contribution is 2.17. The number of amides is 3. The lowest BCUT2D eigenvalue weighted by Crippen LogP contribution is -2.44. The Hall–Kier alpha value is -3.52. The van der Waals surface area contributed by atoms with E-state index in [-0.39, 0.29) is 37.0 Å². The van der Waals surface area contributed by atoms with Gasteiger partial charge >= 0.3 is 0 Å². The maximum Gasteiger partial charge on any atom is 0.251 e. The van der Waals surface area contributed by atoms with Gasteiger partial charge in [0.1, 0.15) is 0 Å². The van der Waals surface area contributed by atoms with Crippen LogP contribution in [0.2, 0.25) is 0 Å². The van der Waals surface area contributed by atoms with E-state index in [1.165, 1.54) is 0 Å². The smallest absolute Gasteiger partial charge is 0.251 e. The molecule has 0 heterocycles. The summed E-state index contributed by atoms with van der Waals surface area (Å²) in [5, 5.41) is 5.54. The van der Waals surface area contributed by atoms with Gasteiger partial charge in [0.15, 0.2) is 5.78 Å². The highest BCUT2D eigenvalue weighted by molar-refractivity contribution is 5.98. The molecule has 34 heavy (non-hydrogen) atoms. The third-order valence-electron chi connectivity index (χ3n) is 5.51. The summed E-state index contributed by atoms with van der Waals surface area (Å²) in [6, 6.07) is 17.3. The Kier molecular flexibility index (Phi) is 11.5. The number of carbonyl (C=O) groups excluding carboxylic acids is 4. The molecule has 0 radical (unpaired) electrons. The van der Waals surface area contributed by atoms with Crippen molar-refractivity contribution in [2.45, 2.75) is 44.6 Å². The number of carbonyl (C=O) groups is 4. The fourth-order valence-corrected chi connectivity index (χ4v) is 3.63. The molecule has 0 unspecified atom stereocenters. The van der Waals surface area contributed by atoms with Crippen molar-refractivity contribution in [3.8, 4) is 0 Å². The molecule has 0 saturated heterocycles. The lowest BCUT2D eigenvalue weighted by atomic mass is 9.90. The zero-order valence-electron chi connectivity index (χ0n) is 19.4. The highest BCUT2D eigenvalue weighted by Gasteiger charge is 2.28. The lowest BCUT2D eigenvalue weighted by molar-refractivity contribution is -0.130. The fraction of sp³-hybridized carbons (Fsp3) is 0.385. The Morgan fingerprint density at radius 3 is 2.15 bits per heavy atom. The van der Waals surface area contributed by atoms with Crippen molar-refractivity contribution in [3.05, 3.63) is 71.8 Å². The van der Waals surface area contributed by atoms with Crippen molar-refractivity contribution in [1.82, 2.24) is 10.6 Å². The molecule has 2 atom stereocenters. The van der Waals surface area contributed by atoms with Gasteiger partial charge in [0.05, 0.1) is 6.04 Å². The van der Waals surface area contributed by atoms with Gasteiger partial charge in [0.25, 0.3) is 5.91 Å². The van der Waals surface area contributed by atoms with Gasteiger partial charge in [-0.2, -0.15) is 0 Å². The van der Waals surface area contributed by atoms with Gasteiger partial charge in [0, 0.05) is 30.9 Å². The largest absolute Gasteiger partial charge is 0.370 e. The van der Waals surface area contributed by atoms with E-state index in [2.05, 4.69) is 10.6 Å². The minimum absolute atomic E-state index is 0.0268. The van der Waals surface area contributed by atoms with Crippen molar-refractivity contribution >= 4 is 23.5 Å². The van der Waals surface area contributed by atoms with E-state index < -0.39 is 17.9 Å². The predicted octanol–water partition coefficient (Wildman–Crippen LogP) is 1.72. The Balaban J connectivity index is 2.14. The van der Waals surface area contributed by atoms with Gasteiger partial charge in [-0.3, -0.25) is 19.2 Å². The normalized spacial score (nSPS) is 12.4. The number of ketones is 1. The summed E-state index contributed by atoms with van der Waals surface area (Å²) in [5.41, 5.74) is 12.1. The van der Waals surface area contributed by atoms with Crippen LogP contribution in [0.5, 0.6) is 0 Å². The molecular weight excluding hydrogens is 432 g/mol. The molecule has 2 rings (SSSR count). The van der Waals surface area contributed by atoms with Crippen molar-refractivity contribution in [2.24, 2.45) is 17.4 Å². The molecule has 0 saturated carbocycles. The molecule has 8 nitrogen and oxygen atoms in total. The number of Topliss-reactive ketones (excluding diaryl/α,β-unsaturated/α-hetero) is 1. The van der Waals surface area contributed by atoms with E-state index in [0.29, 0.717) is 31.4 Å². The fourth-order valence-electron chi connectivity index (χ4n) is 3.63. The van der Waals surface area contributed by atoms with Crippen LogP contribution in [0.1, 0.15) is 48.0 Å². The lowest BCUT2D eigenvalue weighted by Gasteiger charge is -2.22. The van der Waals surface area contributed by atoms with Gasteiger partial charge in [-0.15, -0.1) is 0 Å². The topological polar surface area (TPSA) is 144 Å². The van der Waals surface area contributed by atoms with Gasteiger partial charge in [0.2, 0.25) is 11.8 Å². The van der Waals surface area contributed by atoms with Crippen LogP contribution in [0.3, 0.4) is 0 Å². The number of rotatable bonds is 15. The number of nitrogens with one attached hydrogen (secondary N) is 2. The Morgan fingerprint density at radius 1 is 0.882 bits per heavy atom. The molecule has 182 valence electrons. The summed E-state index contributed by atoms with van der Waals surface area (Å²) in [6.07, 6.45) is 2.22. The molecule has 0 aromatic heterocycles. The number of benzene rings is 2. The first-order chi connectivity index (χ1) is 16.4. The van der Waals surface area contributed by atoms with Crippen LogP contribution in [0, 0.1) is 5.92 Å². The van der Waals surface area contributed by atoms with Crippen LogP contribution < -0.4 is 22.1 Å². The third kappa shape index (κ3) is 9.54. The SMILES string of the molecule is NCCCC[C@H](CC(=O)[C@H](Cc1ccccc1)NC(=O)c1ccccc1)C(=O)NCCC(N)=O. The summed E-state index contributed by atoms with van der Waals surface area (Å²) in [4.78, 5) is 49.9. The second kappa shape index (κ2) is 14.6. The number of hydrogen-bond donors (Lipinski definition) is 4. The molecule has 2 aromatic rings. The second-order valence-corrected chi connectivity index (χ2v) is 8.24. The Labute approximate surface area is 200 Å². The molecule has 0 aliphatic heterocycles. The van der Waals surface area contributed by atoms with Crippen molar-refractivity contribution in [3.63, 3.8) is 0 Å². The van der Waals surface area contributed by atoms with Gasteiger partial charge in [-0.05, 0) is 43.5 Å². The van der Waals surface area contributed by atoms with E-state index in [0.717, 1.165) is 12.0 Å². The first kappa shape index (κ1) is 26.7. The minimum atomic E-state index is -0.787. The molecule has 2 aromatic carbocycles. The average molecular weight is 467 g/mol. The average Bonchev–Trinajstić information content (AvgIpc) is 2.83. The minimum Gasteiger partial charge on any atom is -0.370 e. The van der Waals surface area contributed by atoms with E-state index in [4.69, 9.17) is 11.5 Å². The highest BCUT2D eigenvalue weighted by atomic mass is 16.2. The maximum absolute atomic E-state index is 13.4. The van der Waals surface area contributed by atoms with Crippen LogP contribution in [-0.4, -0.2) is 42.6 Å². The van der Waals surface area contributed by atoms with E-state index in [9.17, 15) is 19.2 Å². The Morgan fingerprint density at radius 2 is 1.53 bits per heavy atom. The van der Waals surface area contributed by atoms with E-state index in [1.54, 1.807) is 24.3 Å². The molecule has 0 aliphatic carbocycles. The van der Waals surface area contributed by atoms with E-state index >= 15 is 0 Å². The zero-order chi connectivity index (χ0) is 24.8. The summed E-state index contributed by atoms with van der Waals surface area (Å²) in [7, 11) is 0. The van der Waals surface area contributed by atoms with Crippen LogP contribution in [0.25, 0.3) is 0 Å². The van der Waals surface area contributed by atoms with Crippen LogP contribution >= 0.6 is 0 Å². The van der Waals surface area contributed by atoms with Gasteiger partial charge < -0.3 is 22.1 Å². The maximum atomic E-state index is 13.4. The first-order valence-corrected chi connectivity index (χ1v) is 11.6. The standard InChI is InChI=1S/C26H34N4O4/c27-15-8-7-13-21(25(33)29-16-14-24(28)32)18-23(31)22(17-19-9-3-1-4-10-19)30-26(34)20-11-5-2-6-12-20/h1-6,9-12,21-22H,7-8,13-18,27H2,(H2,28,32)(H,29,33)(H,30,34)/t21-,22+/m1/s1. The number of primary amides is 1. The second-order valence-electron chi connectivity index (χ2n) is 8.24. The van der Waals surface area contributed by atoms with E-state index in [1.807, 2.05) is 36.4 Å². The first-order valence-electron chi connectivity index (χ1n) is 11.6. The van der Waals surface area contributed by atoms with Crippen molar-refractivity contribution in [1.29, 1.82) is 0 Å². The molecule has 0 aliphatic rings. The summed E-state index contributed by atoms with van der Waals surface area (Å²) < 4.78 is 0. The molecule has 6 N–H and O–H groups in total. The predicted molar refractivity (Wildman–Crippen MR) is 131 cm³/mol. The number of unbranched alkanes of at least 4 members (excludes halogenated alkanes) is 1. The quantitative estimate of drug-likeness (QED) is 0.295. The molecule has 0 bridgehead atoms. The summed E-state index contributed by atoms with van der Waals surface area (Å²) in [5.74, 6) is -1.97. The molecule has 0 spiro atoms. The molecule has 3 amide bonds. The number of nitrogens with two attached hydrogens (primary N) is 2. The molecular formula is C26H34N4O4.